The number of furan rings is 1. The van der Waals surface area contributed by atoms with Crippen molar-refractivity contribution in [1.29, 1.82) is 0 Å². The topological polar surface area (TPSA) is 21.3 Å². The fourth-order valence-corrected chi connectivity index (χ4v) is 8.58. The molecule has 2 heterocycles. The Labute approximate surface area is 330 Å². The summed E-state index contributed by atoms with van der Waals surface area (Å²) in [4.78, 5) is 2.35. The van der Waals surface area contributed by atoms with E-state index in [0.29, 0.717) is 0 Å². The number of aromatic nitrogens is 1. The fourth-order valence-electron chi connectivity index (χ4n) is 8.58. The molecule has 0 atom stereocenters. The van der Waals surface area contributed by atoms with E-state index in [4.69, 9.17) is 4.42 Å². The number of hydrogen-bond donors (Lipinski definition) is 0. The zero-order valence-electron chi connectivity index (χ0n) is 31.1. The third-order valence-corrected chi connectivity index (χ3v) is 11.2. The summed E-state index contributed by atoms with van der Waals surface area (Å²) < 4.78 is 9.13. The minimum Gasteiger partial charge on any atom is -0.454 e. The maximum Gasteiger partial charge on any atom is 0.159 e. The van der Waals surface area contributed by atoms with Crippen LogP contribution in [0.15, 0.2) is 223 Å². The molecule has 3 nitrogen and oxygen atoms in total. The molecule has 0 aliphatic heterocycles. The molecule has 11 aromatic rings. The summed E-state index contributed by atoms with van der Waals surface area (Å²) in [7, 11) is 0. The normalized spacial score (nSPS) is 11.5. The van der Waals surface area contributed by atoms with Gasteiger partial charge in [-0.3, -0.25) is 0 Å². The van der Waals surface area contributed by atoms with Gasteiger partial charge < -0.3 is 13.9 Å². The third-order valence-electron chi connectivity index (χ3n) is 11.2. The smallest absolute Gasteiger partial charge is 0.159 e. The summed E-state index contributed by atoms with van der Waals surface area (Å²) >= 11 is 0. The predicted octanol–water partition coefficient (Wildman–Crippen LogP) is 15.2. The molecule has 2 aromatic heterocycles. The Balaban J connectivity index is 1.18. The van der Waals surface area contributed by atoms with Crippen LogP contribution in [0.5, 0.6) is 0 Å². The van der Waals surface area contributed by atoms with E-state index in [1.54, 1.807) is 0 Å². The highest BCUT2D eigenvalue weighted by atomic mass is 16.3. The van der Waals surface area contributed by atoms with Crippen molar-refractivity contribution in [3.8, 4) is 39.1 Å². The molecular weight excluding hydrogens is 693 g/mol. The number of para-hydroxylation sites is 3. The van der Waals surface area contributed by atoms with E-state index >= 15 is 0 Å². The summed E-state index contributed by atoms with van der Waals surface area (Å²) in [5.41, 5.74) is 15.3. The van der Waals surface area contributed by atoms with Crippen LogP contribution in [0.4, 0.5) is 17.1 Å². The molecule has 0 saturated heterocycles. The molecule has 0 N–H and O–H groups in total. The van der Waals surface area contributed by atoms with Crippen LogP contribution in [0.25, 0.3) is 82.8 Å². The van der Waals surface area contributed by atoms with Gasteiger partial charge in [0.15, 0.2) is 5.58 Å². The van der Waals surface area contributed by atoms with E-state index in [0.717, 1.165) is 61.3 Å². The van der Waals surface area contributed by atoms with Crippen LogP contribution in [0.2, 0.25) is 0 Å². The lowest BCUT2D eigenvalue weighted by molar-refractivity contribution is 0.669. The van der Waals surface area contributed by atoms with Gasteiger partial charge in [-0.05, 0) is 94.0 Å². The molecule has 11 rings (SSSR count). The Morgan fingerprint density at radius 1 is 0.368 bits per heavy atom. The highest BCUT2D eigenvalue weighted by molar-refractivity contribution is 6.17. The van der Waals surface area contributed by atoms with Gasteiger partial charge >= 0.3 is 0 Å². The van der Waals surface area contributed by atoms with Crippen molar-refractivity contribution in [3.05, 3.63) is 218 Å². The van der Waals surface area contributed by atoms with Crippen molar-refractivity contribution in [3.63, 3.8) is 0 Å². The molecule has 0 bridgehead atoms. The van der Waals surface area contributed by atoms with Gasteiger partial charge in [-0.1, -0.05) is 158 Å². The largest absolute Gasteiger partial charge is 0.454 e. The highest BCUT2D eigenvalue weighted by Crippen LogP contribution is 2.46. The van der Waals surface area contributed by atoms with Gasteiger partial charge in [0.25, 0.3) is 0 Å². The van der Waals surface area contributed by atoms with Crippen molar-refractivity contribution in [2.24, 2.45) is 0 Å². The Kier molecular flexibility index (Phi) is 7.82. The molecular formula is C54H36N2O. The molecule has 0 fully saturated rings. The highest BCUT2D eigenvalue weighted by Gasteiger charge is 2.23. The summed E-state index contributed by atoms with van der Waals surface area (Å²) in [6, 6.07) is 78.1. The summed E-state index contributed by atoms with van der Waals surface area (Å²) in [5, 5.41) is 4.62. The number of hydrogen-bond acceptors (Lipinski definition) is 2. The molecule has 0 aliphatic rings. The van der Waals surface area contributed by atoms with Crippen LogP contribution >= 0.6 is 0 Å². The van der Waals surface area contributed by atoms with Crippen molar-refractivity contribution in [2.75, 3.05) is 4.90 Å². The Morgan fingerprint density at radius 2 is 0.965 bits per heavy atom. The van der Waals surface area contributed by atoms with E-state index < -0.39 is 0 Å². The van der Waals surface area contributed by atoms with Gasteiger partial charge in [-0.2, -0.15) is 0 Å². The molecule has 0 saturated carbocycles. The molecule has 0 radical (unpaired) electrons. The van der Waals surface area contributed by atoms with Crippen LogP contribution in [0, 0.1) is 0 Å². The Morgan fingerprint density at radius 3 is 1.75 bits per heavy atom. The number of nitrogens with zero attached hydrogens (tertiary/aromatic N) is 2. The molecule has 57 heavy (non-hydrogen) atoms. The van der Waals surface area contributed by atoms with Crippen molar-refractivity contribution in [1.82, 2.24) is 4.57 Å². The summed E-state index contributed by atoms with van der Waals surface area (Å²) in [6.45, 7) is 0. The second-order valence-electron chi connectivity index (χ2n) is 14.5. The first-order valence-electron chi connectivity index (χ1n) is 19.4. The first-order chi connectivity index (χ1) is 28.3. The number of fused-ring (bicyclic) bond motifs is 6. The van der Waals surface area contributed by atoms with Crippen molar-refractivity contribution in [2.45, 2.75) is 0 Å². The van der Waals surface area contributed by atoms with E-state index in [1.807, 2.05) is 6.07 Å². The zero-order chi connectivity index (χ0) is 37.7. The monoisotopic (exact) mass is 728 g/mol. The predicted molar refractivity (Wildman–Crippen MR) is 239 cm³/mol. The molecule has 0 aliphatic carbocycles. The first-order valence-corrected chi connectivity index (χ1v) is 19.4. The lowest BCUT2D eigenvalue weighted by Gasteiger charge is -2.26. The first kappa shape index (κ1) is 32.8. The molecule has 0 amide bonds. The maximum absolute atomic E-state index is 6.71. The Bertz CT molecular complexity index is 3230. The minimum absolute atomic E-state index is 0.855. The van der Waals surface area contributed by atoms with Crippen LogP contribution in [0.3, 0.4) is 0 Å². The van der Waals surface area contributed by atoms with E-state index in [-0.39, 0.29) is 0 Å². The molecule has 0 spiro atoms. The van der Waals surface area contributed by atoms with Crippen molar-refractivity contribution >= 4 is 60.8 Å². The van der Waals surface area contributed by atoms with Gasteiger partial charge in [0, 0.05) is 38.6 Å². The fraction of sp³-hybridized carbons (Fsp3) is 0. The zero-order valence-corrected chi connectivity index (χ0v) is 31.1. The van der Waals surface area contributed by atoms with Crippen molar-refractivity contribution < 1.29 is 4.42 Å². The standard InChI is InChI=1S/C54H36N2O/c1-4-16-37(17-5-1)39-20-12-22-41(34-39)45-27-14-29-49-53(45)48-33-32-44(36-51(48)56(49)42-23-8-3-9-24-42)55(43-25-13-21-40(35-43)38-18-6-2-7-19-38)50-30-15-28-47-46-26-10-11-31-52(46)57-54(47)50/h1-36H. The third kappa shape index (κ3) is 5.60. The number of anilines is 3. The molecule has 268 valence electrons. The average molecular weight is 729 g/mol. The molecule has 3 heteroatoms. The van der Waals surface area contributed by atoms with Crippen LogP contribution < -0.4 is 4.90 Å². The second kappa shape index (κ2) is 13.6. The quantitative estimate of drug-likeness (QED) is 0.163. The summed E-state index contributed by atoms with van der Waals surface area (Å²) in [6.07, 6.45) is 0. The lowest BCUT2D eigenvalue weighted by Crippen LogP contribution is -2.10. The number of rotatable bonds is 7. The average Bonchev–Trinajstić information content (AvgIpc) is 3.84. The van der Waals surface area contributed by atoms with Gasteiger partial charge in [0.2, 0.25) is 0 Å². The molecule has 9 aromatic carbocycles. The minimum atomic E-state index is 0.855. The second-order valence-corrected chi connectivity index (χ2v) is 14.5. The van der Waals surface area contributed by atoms with E-state index in [9.17, 15) is 0 Å². The van der Waals surface area contributed by atoms with E-state index in [2.05, 4.69) is 222 Å². The van der Waals surface area contributed by atoms with E-state index in [1.165, 1.54) is 38.6 Å². The number of benzene rings is 9. The van der Waals surface area contributed by atoms with Gasteiger partial charge in [0.1, 0.15) is 5.58 Å². The lowest BCUT2D eigenvalue weighted by atomic mass is 9.96. The van der Waals surface area contributed by atoms with Gasteiger partial charge in [-0.15, -0.1) is 0 Å². The Hall–Kier alpha value is -7.62. The SMILES string of the molecule is c1ccc(-c2cccc(-c3cccc4c3c3ccc(N(c5cccc(-c6ccccc6)c5)c5cccc6c5oc5ccccc56)cc3n4-c3ccccc3)c2)cc1. The maximum atomic E-state index is 6.71. The molecule has 0 unspecified atom stereocenters. The van der Waals surface area contributed by atoms with Crippen LogP contribution in [0.1, 0.15) is 0 Å². The van der Waals surface area contributed by atoms with Gasteiger partial charge in [-0.25, -0.2) is 0 Å². The van der Waals surface area contributed by atoms with Gasteiger partial charge in [0.05, 0.1) is 16.7 Å². The summed E-state index contributed by atoms with van der Waals surface area (Å²) in [5.74, 6) is 0. The van der Waals surface area contributed by atoms with Crippen LogP contribution in [-0.2, 0) is 0 Å². The van der Waals surface area contributed by atoms with Crippen LogP contribution in [-0.4, -0.2) is 4.57 Å².